The number of hydrogen-bond acceptors (Lipinski definition) is 4. The van der Waals surface area contributed by atoms with E-state index in [1.807, 2.05) is 0 Å². The maximum atomic E-state index is 13.5. The number of amides is 1. The number of nitrogens with one attached hydrogen (secondary N) is 1. The van der Waals surface area contributed by atoms with Crippen LogP contribution in [0.1, 0.15) is 6.42 Å². The van der Waals surface area contributed by atoms with Gasteiger partial charge in [-0.3, -0.25) is 4.79 Å². The zero-order valence-corrected chi connectivity index (χ0v) is 14.3. The highest BCUT2D eigenvalue weighted by Crippen LogP contribution is 2.38. The van der Waals surface area contributed by atoms with Crippen LogP contribution in [-0.4, -0.2) is 24.9 Å². The second kappa shape index (κ2) is 7.77. The van der Waals surface area contributed by atoms with E-state index in [0.29, 0.717) is 46.1 Å². The Kier molecular flexibility index (Phi) is 5.48. The normalized spacial score (nSPS) is 12.8. The molecule has 0 atom stereocenters. The van der Waals surface area contributed by atoms with Crippen LogP contribution in [-0.2, 0) is 4.79 Å². The van der Waals surface area contributed by atoms with Crippen molar-refractivity contribution in [3.05, 3.63) is 47.2 Å². The van der Waals surface area contributed by atoms with E-state index in [1.54, 1.807) is 30.3 Å². The molecule has 1 heterocycles. The molecule has 0 aromatic heterocycles. The molecule has 0 radical (unpaired) electrons. The number of carbonyl (C=O) groups excluding carboxylic acids is 1. The lowest BCUT2D eigenvalue weighted by Gasteiger charge is -2.20. The van der Waals surface area contributed by atoms with E-state index >= 15 is 0 Å². The zero-order chi connectivity index (χ0) is 16.9. The van der Waals surface area contributed by atoms with Crippen LogP contribution in [0.15, 0.2) is 41.3 Å². The van der Waals surface area contributed by atoms with Crippen LogP contribution in [0.25, 0.3) is 0 Å². The van der Waals surface area contributed by atoms with Crippen molar-refractivity contribution >= 4 is 35.0 Å². The fraction of sp³-hybridized carbons (Fsp3) is 0.235. The summed E-state index contributed by atoms with van der Waals surface area (Å²) in [5, 5.41) is 3.13. The quantitative estimate of drug-likeness (QED) is 0.797. The second-order valence-electron chi connectivity index (χ2n) is 5.05. The van der Waals surface area contributed by atoms with Crippen molar-refractivity contribution in [2.45, 2.75) is 11.3 Å². The van der Waals surface area contributed by atoms with Gasteiger partial charge in [-0.25, -0.2) is 4.39 Å². The highest BCUT2D eigenvalue weighted by Gasteiger charge is 2.16. The van der Waals surface area contributed by atoms with E-state index in [4.69, 9.17) is 21.1 Å². The molecule has 0 bridgehead atoms. The lowest BCUT2D eigenvalue weighted by atomic mass is 10.2. The second-order valence-corrected chi connectivity index (χ2v) is 6.60. The monoisotopic (exact) mass is 367 g/mol. The van der Waals surface area contributed by atoms with Crippen LogP contribution < -0.4 is 14.8 Å². The van der Waals surface area contributed by atoms with E-state index in [0.717, 1.165) is 0 Å². The number of anilines is 1. The molecule has 24 heavy (non-hydrogen) atoms. The topological polar surface area (TPSA) is 47.6 Å². The Morgan fingerprint density at radius 2 is 1.92 bits per heavy atom. The van der Waals surface area contributed by atoms with Gasteiger partial charge in [0.1, 0.15) is 19.0 Å². The van der Waals surface area contributed by atoms with Gasteiger partial charge in [0.2, 0.25) is 5.91 Å². The minimum atomic E-state index is -0.280. The fourth-order valence-electron chi connectivity index (χ4n) is 2.19. The lowest BCUT2D eigenvalue weighted by molar-refractivity contribution is -0.115. The molecule has 0 aliphatic carbocycles. The SMILES string of the molecule is O=C(CCSc1ccccc1F)Nc1cc2c(cc1Cl)OCCO2. The molecule has 1 aliphatic heterocycles. The first-order chi connectivity index (χ1) is 11.6. The molecule has 4 nitrogen and oxygen atoms in total. The molecule has 1 N–H and O–H groups in total. The first kappa shape index (κ1) is 16.9. The molecular formula is C17H15ClFNO3S. The summed E-state index contributed by atoms with van der Waals surface area (Å²) in [6, 6.07) is 9.77. The Hall–Kier alpha value is -1.92. The molecule has 1 amide bonds. The number of halogens is 2. The zero-order valence-electron chi connectivity index (χ0n) is 12.7. The van der Waals surface area contributed by atoms with Gasteiger partial charge in [0.15, 0.2) is 11.5 Å². The van der Waals surface area contributed by atoms with Gasteiger partial charge in [-0.05, 0) is 12.1 Å². The molecule has 7 heteroatoms. The molecule has 0 saturated heterocycles. The van der Waals surface area contributed by atoms with E-state index in [1.165, 1.54) is 17.8 Å². The van der Waals surface area contributed by atoms with Crippen molar-refractivity contribution in [3.8, 4) is 11.5 Å². The molecule has 3 rings (SSSR count). The van der Waals surface area contributed by atoms with Crippen LogP contribution in [0, 0.1) is 5.82 Å². The third-order valence-electron chi connectivity index (χ3n) is 3.33. The number of ether oxygens (including phenoxy) is 2. The molecule has 2 aromatic carbocycles. The van der Waals surface area contributed by atoms with Crippen molar-refractivity contribution in [3.63, 3.8) is 0 Å². The predicted molar refractivity (Wildman–Crippen MR) is 92.8 cm³/mol. The summed E-state index contributed by atoms with van der Waals surface area (Å²) < 4.78 is 24.4. The number of fused-ring (bicyclic) bond motifs is 1. The predicted octanol–water partition coefficient (Wildman–Crippen LogP) is 4.37. The molecule has 0 unspecified atom stereocenters. The summed E-state index contributed by atoms with van der Waals surface area (Å²) in [7, 11) is 0. The molecular weight excluding hydrogens is 353 g/mol. The summed E-state index contributed by atoms with van der Waals surface area (Å²) in [4.78, 5) is 12.6. The Bertz CT molecular complexity index is 757. The van der Waals surface area contributed by atoms with E-state index in [2.05, 4.69) is 5.32 Å². The standard InChI is InChI=1S/C17H15ClFNO3S/c18-11-9-14-15(23-7-6-22-14)10-13(11)20-17(21)5-8-24-16-4-2-1-3-12(16)19/h1-4,9-10H,5-8H2,(H,20,21). The van der Waals surface area contributed by atoms with Gasteiger partial charge in [-0.1, -0.05) is 23.7 Å². The van der Waals surface area contributed by atoms with Gasteiger partial charge < -0.3 is 14.8 Å². The van der Waals surface area contributed by atoms with Crippen molar-refractivity contribution in [1.82, 2.24) is 0 Å². The van der Waals surface area contributed by atoms with E-state index in [-0.39, 0.29) is 18.1 Å². The Morgan fingerprint density at radius 1 is 1.21 bits per heavy atom. The Balaban J connectivity index is 1.56. The minimum Gasteiger partial charge on any atom is -0.486 e. The highest BCUT2D eigenvalue weighted by atomic mass is 35.5. The largest absolute Gasteiger partial charge is 0.486 e. The van der Waals surface area contributed by atoms with Crippen LogP contribution >= 0.6 is 23.4 Å². The van der Waals surface area contributed by atoms with Gasteiger partial charge in [0, 0.05) is 29.2 Å². The maximum Gasteiger partial charge on any atom is 0.225 e. The number of benzene rings is 2. The summed E-state index contributed by atoms with van der Waals surface area (Å²) >= 11 is 7.45. The molecule has 0 fully saturated rings. The lowest BCUT2D eigenvalue weighted by Crippen LogP contribution is -2.17. The summed E-state index contributed by atoms with van der Waals surface area (Å²) in [6.07, 6.45) is 0.240. The van der Waals surface area contributed by atoms with Gasteiger partial charge in [-0.2, -0.15) is 0 Å². The minimum absolute atomic E-state index is 0.197. The molecule has 1 aliphatic rings. The summed E-state index contributed by atoms with van der Waals surface area (Å²) in [5.41, 5.74) is 0.474. The first-order valence-electron chi connectivity index (χ1n) is 7.40. The van der Waals surface area contributed by atoms with Crippen molar-refractivity contribution < 1.29 is 18.7 Å². The number of rotatable bonds is 5. The highest BCUT2D eigenvalue weighted by molar-refractivity contribution is 7.99. The average Bonchev–Trinajstić information content (AvgIpc) is 2.57. The van der Waals surface area contributed by atoms with Crippen molar-refractivity contribution in [2.24, 2.45) is 0 Å². The van der Waals surface area contributed by atoms with Crippen LogP contribution in [0.5, 0.6) is 11.5 Å². The molecule has 126 valence electrons. The smallest absolute Gasteiger partial charge is 0.225 e. The molecule has 0 saturated carbocycles. The fourth-order valence-corrected chi connectivity index (χ4v) is 3.28. The Morgan fingerprint density at radius 3 is 2.67 bits per heavy atom. The number of thioether (sulfide) groups is 1. The average molecular weight is 368 g/mol. The van der Waals surface area contributed by atoms with Gasteiger partial charge >= 0.3 is 0 Å². The van der Waals surface area contributed by atoms with E-state index < -0.39 is 0 Å². The maximum absolute atomic E-state index is 13.5. The molecule has 0 spiro atoms. The van der Waals surface area contributed by atoms with Crippen molar-refractivity contribution in [1.29, 1.82) is 0 Å². The van der Waals surface area contributed by atoms with Gasteiger partial charge in [0.25, 0.3) is 0 Å². The van der Waals surface area contributed by atoms with Gasteiger partial charge in [-0.15, -0.1) is 11.8 Å². The van der Waals surface area contributed by atoms with Crippen LogP contribution in [0.3, 0.4) is 0 Å². The molecule has 2 aromatic rings. The number of carbonyl (C=O) groups is 1. The third-order valence-corrected chi connectivity index (χ3v) is 4.69. The summed E-state index contributed by atoms with van der Waals surface area (Å²) in [5.74, 6) is 1.12. The van der Waals surface area contributed by atoms with Crippen LogP contribution in [0.2, 0.25) is 5.02 Å². The third kappa shape index (κ3) is 4.13. The van der Waals surface area contributed by atoms with E-state index in [9.17, 15) is 9.18 Å². The first-order valence-corrected chi connectivity index (χ1v) is 8.76. The van der Waals surface area contributed by atoms with Crippen molar-refractivity contribution in [2.75, 3.05) is 24.3 Å². The van der Waals surface area contributed by atoms with Gasteiger partial charge in [0.05, 0.1) is 10.7 Å². The Labute approximate surface area is 148 Å². The summed E-state index contributed by atoms with van der Waals surface area (Å²) in [6.45, 7) is 0.934. The van der Waals surface area contributed by atoms with Crippen LogP contribution in [0.4, 0.5) is 10.1 Å². The number of hydrogen-bond donors (Lipinski definition) is 1.